The lowest BCUT2D eigenvalue weighted by Gasteiger charge is -2.13. The average molecular weight is 228 g/mol. The minimum Gasteiger partial charge on any atom is -0.508 e. The minimum atomic E-state index is 0.133. The van der Waals surface area contributed by atoms with Gasteiger partial charge in [0.05, 0.1) is 0 Å². The van der Waals surface area contributed by atoms with Gasteiger partial charge in [0.25, 0.3) is 0 Å². The lowest BCUT2D eigenvalue weighted by atomic mass is 9.90. The van der Waals surface area contributed by atoms with Crippen molar-refractivity contribution in [3.63, 3.8) is 0 Å². The van der Waals surface area contributed by atoms with Gasteiger partial charge >= 0.3 is 0 Å². The molecule has 2 heteroatoms. The molecule has 1 aliphatic carbocycles. The van der Waals surface area contributed by atoms with E-state index in [4.69, 9.17) is 0 Å². The van der Waals surface area contributed by atoms with Crippen LogP contribution in [-0.2, 0) is 4.79 Å². The Labute approximate surface area is 101 Å². The summed E-state index contributed by atoms with van der Waals surface area (Å²) in [6.07, 6.45) is 10.3. The van der Waals surface area contributed by atoms with Crippen LogP contribution in [0.2, 0.25) is 0 Å². The number of allylic oxidation sites excluding steroid dienone is 3. The lowest BCUT2D eigenvalue weighted by molar-refractivity contribution is -0.118. The predicted octanol–water partition coefficient (Wildman–Crippen LogP) is 3.33. The first-order chi connectivity index (χ1) is 8.25. The van der Waals surface area contributed by atoms with Crippen molar-refractivity contribution in [1.29, 1.82) is 0 Å². The third-order valence-corrected chi connectivity index (χ3v) is 2.97. The largest absolute Gasteiger partial charge is 0.508 e. The Morgan fingerprint density at radius 3 is 3.06 bits per heavy atom. The Morgan fingerprint density at radius 2 is 2.29 bits per heavy atom. The molecule has 1 aliphatic rings. The van der Waals surface area contributed by atoms with E-state index in [1.54, 1.807) is 18.2 Å². The zero-order chi connectivity index (χ0) is 12.1. The summed E-state index contributed by atoms with van der Waals surface area (Å²) >= 11 is 0. The van der Waals surface area contributed by atoms with E-state index in [9.17, 15) is 9.90 Å². The molecule has 0 spiro atoms. The van der Waals surface area contributed by atoms with Crippen LogP contribution in [0.5, 0.6) is 5.75 Å². The zero-order valence-corrected chi connectivity index (χ0v) is 9.67. The van der Waals surface area contributed by atoms with Gasteiger partial charge in [-0.25, -0.2) is 0 Å². The van der Waals surface area contributed by atoms with Crippen LogP contribution in [0.3, 0.4) is 0 Å². The highest BCUT2D eigenvalue weighted by Crippen LogP contribution is 2.20. The molecule has 0 saturated carbocycles. The number of phenols is 1. The SMILES string of the molecule is O=C1C=CCCC1CC=Cc1cccc(O)c1. The number of hydrogen-bond acceptors (Lipinski definition) is 2. The second-order valence-corrected chi connectivity index (χ2v) is 4.31. The maximum absolute atomic E-state index is 11.5. The predicted molar refractivity (Wildman–Crippen MR) is 68.6 cm³/mol. The van der Waals surface area contributed by atoms with E-state index in [-0.39, 0.29) is 17.5 Å². The summed E-state index contributed by atoms with van der Waals surface area (Å²) in [6, 6.07) is 7.09. The van der Waals surface area contributed by atoms with E-state index >= 15 is 0 Å². The first-order valence-corrected chi connectivity index (χ1v) is 5.91. The van der Waals surface area contributed by atoms with E-state index < -0.39 is 0 Å². The average Bonchev–Trinajstić information content (AvgIpc) is 2.32. The molecule has 88 valence electrons. The van der Waals surface area contributed by atoms with Crippen LogP contribution in [-0.4, -0.2) is 10.9 Å². The number of carbonyl (C=O) groups is 1. The van der Waals surface area contributed by atoms with Crippen LogP contribution in [0.15, 0.2) is 42.5 Å². The van der Waals surface area contributed by atoms with Gasteiger partial charge < -0.3 is 5.11 Å². The minimum absolute atomic E-state index is 0.133. The number of aromatic hydroxyl groups is 1. The van der Waals surface area contributed by atoms with Crippen molar-refractivity contribution in [3.8, 4) is 5.75 Å². The fourth-order valence-corrected chi connectivity index (χ4v) is 2.01. The monoisotopic (exact) mass is 228 g/mol. The molecule has 0 amide bonds. The third kappa shape index (κ3) is 3.31. The van der Waals surface area contributed by atoms with Gasteiger partial charge in [-0.15, -0.1) is 0 Å². The number of phenolic OH excluding ortho intramolecular Hbond substituents is 1. The van der Waals surface area contributed by atoms with Gasteiger partial charge in [0.1, 0.15) is 5.75 Å². The fraction of sp³-hybridized carbons (Fsp3) is 0.267. The van der Waals surface area contributed by atoms with E-state index in [1.165, 1.54) is 0 Å². The molecule has 1 unspecified atom stereocenters. The van der Waals surface area contributed by atoms with Crippen molar-refractivity contribution in [3.05, 3.63) is 48.1 Å². The Balaban J connectivity index is 1.93. The van der Waals surface area contributed by atoms with Crippen LogP contribution in [0.1, 0.15) is 24.8 Å². The number of ketones is 1. The van der Waals surface area contributed by atoms with Gasteiger partial charge in [-0.05, 0) is 43.0 Å². The maximum atomic E-state index is 11.5. The first kappa shape index (κ1) is 11.6. The van der Waals surface area contributed by atoms with Gasteiger partial charge in [0, 0.05) is 5.92 Å². The van der Waals surface area contributed by atoms with Crippen molar-refractivity contribution >= 4 is 11.9 Å². The molecule has 0 radical (unpaired) electrons. The van der Waals surface area contributed by atoms with Crippen LogP contribution >= 0.6 is 0 Å². The summed E-state index contributed by atoms with van der Waals surface area (Å²) in [5.74, 6) is 0.634. The molecule has 0 saturated heterocycles. The van der Waals surface area contributed by atoms with Crippen molar-refractivity contribution in [2.24, 2.45) is 5.92 Å². The van der Waals surface area contributed by atoms with Gasteiger partial charge in [0.2, 0.25) is 0 Å². The molecule has 0 heterocycles. The van der Waals surface area contributed by atoms with Gasteiger partial charge in [-0.1, -0.05) is 30.4 Å². The number of carbonyl (C=O) groups excluding carboxylic acids is 1. The molecule has 0 aromatic heterocycles. The molecule has 1 atom stereocenters. The highest BCUT2D eigenvalue weighted by atomic mass is 16.3. The second-order valence-electron chi connectivity index (χ2n) is 4.31. The summed E-state index contributed by atoms with van der Waals surface area (Å²) in [4.78, 5) is 11.5. The Hall–Kier alpha value is -1.83. The Kier molecular flexibility index (Phi) is 3.76. The highest BCUT2D eigenvalue weighted by Gasteiger charge is 2.16. The fourth-order valence-electron chi connectivity index (χ4n) is 2.01. The van der Waals surface area contributed by atoms with Crippen molar-refractivity contribution in [2.75, 3.05) is 0 Å². The third-order valence-electron chi connectivity index (χ3n) is 2.97. The topological polar surface area (TPSA) is 37.3 Å². The summed E-state index contributed by atoms with van der Waals surface area (Å²) in [5, 5.41) is 9.31. The summed E-state index contributed by atoms with van der Waals surface area (Å²) in [5.41, 5.74) is 0.962. The molecule has 1 aromatic rings. The molecule has 1 aromatic carbocycles. The normalized spacial score (nSPS) is 20.0. The quantitative estimate of drug-likeness (QED) is 0.861. The van der Waals surface area contributed by atoms with Crippen LogP contribution in [0.25, 0.3) is 6.08 Å². The standard InChI is InChI=1S/C15H16O2/c16-14-9-4-6-12(11-14)5-3-8-13-7-1-2-10-15(13)17/h2-6,9-11,13,16H,1,7-8H2. The molecule has 0 fully saturated rings. The van der Waals surface area contributed by atoms with Crippen LogP contribution < -0.4 is 0 Å². The second kappa shape index (κ2) is 5.48. The van der Waals surface area contributed by atoms with Gasteiger partial charge in [0.15, 0.2) is 5.78 Å². The lowest BCUT2D eigenvalue weighted by Crippen LogP contribution is -2.13. The van der Waals surface area contributed by atoms with E-state index in [1.807, 2.05) is 30.4 Å². The van der Waals surface area contributed by atoms with E-state index in [2.05, 4.69) is 0 Å². The number of hydrogen-bond donors (Lipinski definition) is 1. The molecule has 0 aliphatic heterocycles. The zero-order valence-electron chi connectivity index (χ0n) is 9.67. The van der Waals surface area contributed by atoms with Crippen molar-refractivity contribution in [2.45, 2.75) is 19.3 Å². The summed E-state index contributed by atoms with van der Waals surface area (Å²) < 4.78 is 0. The molecular formula is C15H16O2. The van der Waals surface area contributed by atoms with Crippen molar-refractivity contribution in [1.82, 2.24) is 0 Å². The summed E-state index contributed by atoms with van der Waals surface area (Å²) in [6.45, 7) is 0. The van der Waals surface area contributed by atoms with Crippen LogP contribution in [0, 0.1) is 5.92 Å². The molecular weight excluding hydrogens is 212 g/mol. The number of benzene rings is 1. The highest BCUT2D eigenvalue weighted by molar-refractivity contribution is 5.92. The Morgan fingerprint density at radius 1 is 1.41 bits per heavy atom. The summed E-state index contributed by atoms with van der Waals surface area (Å²) in [7, 11) is 0. The molecule has 0 bridgehead atoms. The number of rotatable bonds is 3. The first-order valence-electron chi connectivity index (χ1n) is 5.91. The maximum Gasteiger partial charge on any atom is 0.158 e. The molecule has 17 heavy (non-hydrogen) atoms. The van der Waals surface area contributed by atoms with Gasteiger partial charge in [-0.2, -0.15) is 0 Å². The smallest absolute Gasteiger partial charge is 0.158 e. The van der Waals surface area contributed by atoms with E-state index in [0.29, 0.717) is 0 Å². The van der Waals surface area contributed by atoms with Crippen LogP contribution in [0.4, 0.5) is 0 Å². The molecule has 1 N–H and O–H groups in total. The molecule has 2 nitrogen and oxygen atoms in total. The Bertz CT molecular complexity index is 458. The van der Waals surface area contributed by atoms with Gasteiger partial charge in [-0.3, -0.25) is 4.79 Å². The molecule has 2 rings (SSSR count). The van der Waals surface area contributed by atoms with E-state index in [0.717, 1.165) is 24.8 Å². The van der Waals surface area contributed by atoms with Crippen molar-refractivity contribution < 1.29 is 9.90 Å².